The van der Waals surface area contributed by atoms with Crippen molar-refractivity contribution in [1.82, 2.24) is 15.0 Å². The van der Waals surface area contributed by atoms with Crippen LogP contribution in [0.25, 0.3) is 0 Å². The van der Waals surface area contributed by atoms with Gasteiger partial charge in [-0.15, -0.1) is 4.57 Å². The average molecular weight is 91.0 g/mol. The van der Waals surface area contributed by atoms with Gasteiger partial charge in [-0.3, -0.25) is 0 Å². The zero-order valence-corrected chi connectivity index (χ0v) is 3.20. The quantitative estimate of drug-likeness (QED) is 0.476. The topological polar surface area (TPSA) is 53.6 Å². The van der Waals surface area contributed by atoms with Crippen LogP contribution < -0.4 is 0 Å². The van der Waals surface area contributed by atoms with Crippen molar-refractivity contribution >= 4 is 8.61 Å². The van der Waals surface area contributed by atoms with E-state index in [0.717, 1.165) is 0 Å². The molecule has 5 heavy (non-hydrogen) atoms. The van der Waals surface area contributed by atoms with Crippen LogP contribution in [0.3, 0.4) is 0 Å². The first-order chi connectivity index (χ1) is 2.43. The largest absolute Gasteiger partial charge is 0.322 e. The Morgan fingerprint density at radius 1 is 1.60 bits per heavy atom. The maximum Gasteiger partial charge on any atom is 0.322 e. The first-order valence-electron chi connectivity index (χ1n) is 1.08. The summed E-state index contributed by atoms with van der Waals surface area (Å²) < 4.78 is 10.8. The first kappa shape index (κ1) is 2.72. The van der Waals surface area contributed by atoms with Crippen molar-refractivity contribution in [2.75, 3.05) is 0 Å². The molecule has 1 rings (SSSR count). The Hall–Kier alpha value is -0.500. The van der Waals surface area contributed by atoms with Crippen LogP contribution in [0.5, 0.6) is 0 Å². The smallest absolute Gasteiger partial charge is 0.245 e. The van der Waals surface area contributed by atoms with Crippen molar-refractivity contribution in [3.05, 3.63) is 0 Å². The predicted molar refractivity (Wildman–Crippen MR) is 16.1 cm³/mol. The van der Waals surface area contributed by atoms with E-state index in [1.54, 1.807) is 0 Å². The second-order valence-electron chi connectivity index (χ2n) is 0.617. The van der Waals surface area contributed by atoms with Gasteiger partial charge in [0.2, 0.25) is 0 Å². The summed E-state index contributed by atoms with van der Waals surface area (Å²) in [5.74, 6) is 0. The van der Waals surface area contributed by atoms with Gasteiger partial charge >= 0.3 is 8.61 Å². The summed E-state index contributed by atoms with van der Waals surface area (Å²) in [5.41, 5.74) is 0. The van der Waals surface area contributed by atoms with Crippen LogP contribution in [-0.2, 0) is 4.57 Å². The Kier molecular flexibility index (Phi) is 0.394. The van der Waals surface area contributed by atoms with Crippen LogP contribution in [0, 0.1) is 0 Å². The van der Waals surface area contributed by atoms with Gasteiger partial charge in [0.15, 0.2) is 0 Å². The zero-order chi connectivity index (χ0) is 3.70. The van der Waals surface area contributed by atoms with Crippen molar-refractivity contribution in [2.45, 2.75) is 0 Å². The SMILES string of the molecule is O=Pn1[nH][nH]1. The molecule has 1 aromatic heterocycles. The normalized spacial score (nSPS) is 10.4. The Labute approximate surface area is 29.4 Å². The second-order valence-corrected chi connectivity index (χ2v) is 1.18. The van der Waals surface area contributed by atoms with E-state index in [9.17, 15) is 4.57 Å². The molecule has 0 fully saturated rings. The number of hydrogen-bond acceptors (Lipinski definition) is 1. The standard InChI is InChI=1S/H2N3OP/c4-5-3-1-2-3/h1-2H. The van der Waals surface area contributed by atoms with Crippen molar-refractivity contribution < 1.29 is 4.57 Å². The lowest BCUT2D eigenvalue weighted by Gasteiger charge is -1.47. The highest BCUT2D eigenvalue weighted by Crippen LogP contribution is 1.90. The lowest BCUT2D eigenvalue weighted by Crippen LogP contribution is -1.50. The molecule has 0 aliphatic heterocycles. The molecule has 0 saturated carbocycles. The molecule has 1 heterocycles. The van der Waals surface area contributed by atoms with E-state index in [4.69, 9.17) is 0 Å². The van der Waals surface area contributed by atoms with Gasteiger partial charge in [0.25, 0.3) is 0 Å². The van der Waals surface area contributed by atoms with Crippen LogP contribution in [0.1, 0.15) is 0 Å². The molecule has 0 aromatic carbocycles. The van der Waals surface area contributed by atoms with E-state index in [1.807, 2.05) is 0 Å². The maximum atomic E-state index is 9.47. The fourth-order valence-corrected chi connectivity index (χ4v) is 0.190. The third-order valence-corrected chi connectivity index (χ3v) is 0.657. The monoisotopic (exact) mass is 91.0 g/mol. The van der Waals surface area contributed by atoms with Gasteiger partial charge in [-0.2, -0.15) is 10.4 Å². The minimum absolute atomic E-state index is 0.0309. The predicted octanol–water partition coefficient (Wildman–Crippen LogP) is 0.199. The van der Waals surface area contributed by atoms with E-state index in [0.29, 0.717) is 0 Å². The van der Waals surface area contributed by atoms with Gasteiger partial charge in [0.05, 0.1) is 0 Å². The molecule has 5 heteroatoms. The molecular weight excluding hydrogens is 89.0 g/mol. The number of H-pyrrole nitrogens is 2. The molecule has 0 aliphatic rings. The van der Waals surface area contributed by atoms with E-state index < -0.39 is 0 Å². The Morgan fingerprint density at radius 2 is 2.20 bits per heavy atom. The van der Waals surface area contributed by atoms with E-state index in [-0.39, 0.29) is 8.61 Å². The van der Waals surface area contributed by atoms with Crippen molar-refractivity contribution in [3.8, 4) is 0 Å². The summed E-state index contributed by atoms with van der Waals surface area (Å²) in [6.07, 6.45) is 0. The molecule has 2 N–H and O–H groups in total. The summed E-state index contributed by atoms with van der Waals surface area (Å²) in [6, 6.07) is 0. The van der Waals surface area contributed by atoms with Crippen molar-refractivity contribution in [3.63, 3.8) is 0 Å². The third-order valence-electron chi connectivity index (χ3n) is 0.293. The fourth-order valence-electron chi connectivity index (χ4n) is 0.0632. The lowest BCUT2D eigenvalue weighted by molar-refractivity contribution is 0.594. The van der Waals surface area contributed by atoms with Gasteiger partial charge in [0.1, 0.15) is 0 Å². The summed E-state index contributed by atoms with van der Waals surface area (Å²) in [7, 11) is -0.0309. The highest BCUT2D eigenvalue weighted by molar-refractivity contribution is 7.21. The Morgan fingerprint density at radius 3 is 2.20 bits per heavy atom. The number of nitrogens with zero attached hydrogens (tertiary/aromatic N) is 1. The Bertz CT molecular complexity index is 93.8. The molecule has 0 spiro atoms. The lowest BCUT2D eigenvalue weighted by atomic mass is 13.2. The average Bonchev–Trinajstić information content (AvgIpc) is 2.12. The maximum absolute atomic E-state index is 9.47. The molecule has 1 aromatic rings. The Balaban J connectivity index is 2.64. The van der Waals surface area contributed by atoms with Crippen LogP contribution in [0.15, 0.2) is 0 Å². The first-order valence-corrected chi connectivity index (χ1v) is 1.84. The molecule has 0 aliphatic carbocycles. The number of aromatic amines is 2. The zero-order valence-electron chi connectivity index (χ0n) is 2.30. The van der Waals surface area contributed by atoms with Gasteiger partial charge in [-0.05, 0) is 0 Å². The molecule has 0 amide bonds. The number of hydrogen-bond donors (Lipinski definition) is 2. The summed E-state index contributed by atoms with van der Waals surface area (Å²) in [5, 5.41) is 4.89. The summed E-state index contributed by atoms with van der Waals surface area (Å²) in [6.45, 7) is 0. The molecular formula is H2N3OP. The number of aromatic nitrogens is 3. The highest BCUT2D eigenvalue weighted by Gasteiger charge is 1.81. The van der Waals surface area contributed by atoms with Crippen LogP contribution in [0.2, 0.25) is 0 Å². The van der Waals surface area contributed by atoms with Crippen LogP contribution in [-0.4, -0.2) is 15.0 Å². The number of rotatable bonds is 1. The molecule has 28 valence electrons. The van der Waals surface area contributed by atoms with Crippen molar-refractivity contribution in [2.24, 2.45) is 0 Å². The molecule has 0 saturated heterocycles. The molecule has 0 bridgehead atoms. The van der Waals surface area contributed by atoms with Gasteiger partial charge in [-0.1, -0.05) is 0 Å². The van der Waals surface area contributed by atoms with Gasteiger partial charge in [0, 0.05) is 0 Å². The van der Waals surface area contributed by atoms with E-state index in [2.05, 4.69) is 10.4 Å². The van der Waals surface area contributed by atoms with E-state index in [1.165, 1.54) is 4.57 Å². The minimum atomic E-state index is -0.0309. The molecule has 0 radical (unpaired) electrons. The van der Waals surface area contributed by atoms with Crippen LogP contribution >= 0.6 is 8.61 Å². The van der Waals surface area contributed by atoms with Gasteiger partial charge < -0.3 is 0 Å². The van der Waals surface area contributed by atoms with E-state index >= 15 is 0 Å². The minimum Gasteiger partial charge on any atom is -0.245 e. The second kappa shape index (κ2) is 0.723. The molecule has 0 atom stereocenters. The third kappa shape index (κ3) is 0.389. The highest BCUT2D eigenvalue weighted by atomic mass is 31.1. The fraction of sp³-hybridized carbons (Fsp3) is 0. The van der Waals surface area contributed by atoms with Crippen LogP contribution in [0.4, 0.5) is 0 Å². The molecule has 4 nitrogen and oxygen atoms in total. The number of nitrogens with one attached hydrogen (secondary N) is 2. The van der Waals surface area contributed by atoms with Crippen molar-refractivity contribution in [1.29, 1.82) is 0 Å². The summed E-state index contributed by atoms with van der Waals surface area (Å²) in [4.78, 5) is 0. The molecule has 0 unspecified atom stereocenters. The van der Waals surface area contributed by atoms with Gasteiger partial charge in [-0.25, -0.2) is 4.57 Å². The summed E-state index contributed by atoms with van der Waals surface area (Å²) >= 11 is 0.